The van der Waals surface area contributed by atoms with Crippen LogP contribution in [0.4, 0.5) is 4.79 Å². The number of carbonyl (C=O) groups excluding carboxylic acids is 1. The Labute approximate surface area is 299 Å². The number of benzene rings is 2. The van der Waals surface area contributed by atoms with Gasteiger partial charge in [0.1, 0.15) is 11.4 Å². The molecular weight excluding hydrogens is 681 g/mol. The Hall–Kier alpha value is -5.20. The summed E-state index contributed by atoms with van der Waals surface area (Å²) in [6.45, 7) is 4.65. The molecule has 1 atom stereocenters. The molecule has 12 nitrogen and oxygen atoms in total. The molecule has 2 aromatic carbocycles. The van der Waals surface area contributed by atoms with Crippen LogP contribution in [0.1, 0.15) is 35.6 Å². The Morgan fingerprint density at radius 3 is 1.90 bits per heavy atom. The maximum atomic E-state index is 12.0. The number of carbonyl (C=O) groups is 2. The number of aryl methyl sites for hydroxylation is 2. The predicted molar refractivity (Wildman–Crippen MR) is 190 cm³/mol. The molecular formula is C36H35Cl2N7O5. The summed E-state index contributed by atoms with van der Waals surface area (Å²) in [6.07, 6.45) is 3.01. The minimum Gasteiger partial charge on any atom is -0.480 e. The third kappa shape index (κ3) is 7.08. The van der Waals surface area contributed by atoms with E-state index in [-0.39, 0.29) is 30.9 Å². The molecule has 5 aromatic rings. The maximum Gasteiger partial charge on any atom is 0.407 e. The van der Waals surface area contributed by atoms with Crippen molar-refractivity contribution >= 4 is 35.2 Å². The third-order valence-corrected chi connectivity index (χ3v) is 9.53. The van der Waals surface area contributed by atoms with E-state index in [9.17, 15) is 14.7 Å². The van der Waals surface area contributed by atoms with E-state index in [0.717, 1.165) is 11.4 Å². The zero-order valence-electron chi connectivity index (χ0n) is 27.9. The van der Waals surface area contributed by atoms with Gasteiger partial charge in [0.05, 0.1) is 61.1 Å². The lowest BCUT2D eigenvalue weighted by Gasteiger charge is -2.23. The van der Waals surface area contributed by atoms with Gasteiger partial charge in [-0.2, -0.15) is 0 Å². The molecule has 50 heavy (non-hydrogen) atoms. The molecule has 0 saturated carbocycles. The van der Waals surface area contributed by atoms with E-state index in [2.05, 4.69) is 32.0 Å². The molecule has 1 aliphatic heterocycles. The van der Waals surface area contributed by atoms with Crippen molar-refractivity contribution in [2.75, 3.05) is 20.8 Å². The van der Waals surface area contributed by atoms with Crippen molar-refractivity contribution in [1.82, 2.24) is 34.7 Å². The molecule has 6 rings (SSSR count). The van der Waals surface area contributed by atoms with Gasteiger partial charge in [-0.05, 0) is 32.4 Å². The zero-order chi connectivity index (χ0) is 35.5. The second-order valence-electron chi connectivity index (χ2n) is 11.9. The van der Waals surface area contributed by atoms with Crippen LogP contribution in [0, 0.1) is 13.8 Å². The zero-order valence-corrected chi connectivity index (χ0v) is 29.4. The van der Waals surface area contributed by atoms with Crippen LogP contribution in [0.5, 0.6) is 11.8 Å². The van der Waals surface area contributed by atoms with E-state index in [1.54, 1.807) is 13.3 Å². The monoisotopic (exact) mass is 715 g/mol. The Balaban J connectivity index is 1.29. The van der Waals surface area contributed by atoms with Gasteiger partial charge < -0.3 is 29.4 Å². The van der Waals surface area contributed by atoms with Crippen LogP contribution in [0.2, 0.25) is 10.0 Å². The van der Waals surface area contributed by atoms with E-state index < -0.39 is 6.09 Å². The maximum absolute atomic E-state index is 12.0. The summed E-state index contributed by atoms with van der Waals surface area (Å²) in [6, 6.07) is 15.0. The van der Waals surface area contributed by atoms with Crippen LogP contribution >= 0.6 is 23.2 Å². The molecule has 258 valence electrons. The number of amides is 2. The number of aromatic nitrogens is 5. The van der Waals surface area contributed by atoms with Crippen LogP contribution in [-0.4, -0.2) is 73.3 Å². The lowest BCUT2D eigenvalue weighted by Crippen LogP contribution is -2.41. The number of hydrogen-bond acceptors (Lipinski definition) is 8. The lowest BCUT2D eigenvalue weighted by molar-refractivity contribution is -0.119. The summed E-state index contributed by atoms with van der Waals surface area (Å²) < 4.78 is 13.3. The minimum atomic E-state index is -1.14. The average Bonchev–Trinajstić information content (AvgIpc) is 3.67. The molecule has 0 aliphatic carbocycles. The number of hydrogen-bond donors (Lipinski definition) is 2. The Morgan fingerprint density at radius 2 is 1.40 bits per heavy atom. The number of rotatable bonds is 11. The van der Waals surface area contributed by atoms with Crippen molar-refractivity contribution < 1.29 is 24.2 Å². The summed E-state index contributed by atoms with van der Waals surface area (Å²) in [5.41, 5.74) is 6.78. The fourth-order valence-corrected chi connectivity index (χ4v) is 6.69. The summed E-state index contributed by atoms with van der Waals surface area (Å²) in [5.74, 6) is 0.472. The largest absolute Gasteiger partial charge is 0.480 e. The fourth-order valence-electron chi connectivity index (χ4n) is 6.04. The Bertz CT molecular complexity index is 2070. The third-order valence-electron chi connectivity index (χ3n) is 8.71. The SMILES string of the molecule is COc1nc(-c2cccc(-c3cccc(-c4cnc(Cn5c(C)ccc5C)c(OC)n4)c3Cl)c2Cl)cnc1CN(C[C@@H]1CCC(=O)N1)C(=O)O. The van der Waals surface area contributed by atoms with E-state index in [1.165, 1.54) is 18.2 Å². The molecule has 1 saturated heterocycles. The number of nitrogens with one attached hydrogen (secondary N) is 1. The molecule has 2 N–H and O–H groups in total. The first-order chi connectivity index (χ1) is 24.1. The topological polar surface area (TPSA) is 145 Å². The van der Waals surface area contributed by atoms with Gasteiger partial charge >= 0.3 is 6.09 Å². The van der Waals surface area contributed by atoms with Crippen molar-refractivity contribution in [3.05, 3.63) is 93.7 Å². The first-order valence-electron chi connectivity index (χ1n) is 15.9. The fraction of sp³-hybridized carbons (Fsp3) is 0.278. The molecule has 0 spiro atoms. The molecule has 0 bridgehead atoms. The molecule has 3 aromatic heterocycles. The van der Waals surface area contributed by atoms with Crippen molar-refractivity contribution in [3.63, 3.8) is 0 Å². The predicted octanol–water partition coefficient (Wildman–Crippen LogP) is 6.82. The average molecular weight is 717 g/mol. The van der Waals surface area contributed by atoms with Crippen LogP contribution in [-0.2, 0) is 17.9 Å². The van der Waals surface area contributed by atoms with Gasteiger partial charge in [-0.1, -0.05) is 59.6 Å². The van der Waals surface area contributed by atoms with Gasteiger partial charge in [0, 0.05) is 52.6 Å². The summed E-state index contributed by atoms with van der Waals surface area (Å²) in [4.78, 5) is 43.5. The highest BCUT2D eigenvalue weighted by atomic mass is 35.5. The van der Waals surface area contributed by atoms with Gasteiger partial charge in [-0.15, -0.1) is 0 Å². The van der Waals surface area contributed by atoms with Crippen LogP contribution in [0.3, 0.4) is 0 Å². The summed E-state index contributed by atoms with van der Waals surface area (Å²) in [5, 5.41) is 13.4. The molecule has 1 aliphatic rings. The van der Waals surface area contributed by atoms with Gasteiger partial charge in [-0.3, -0.25) is 14.8 Å². The highest BCUT2D eigenvalue weighted by Crippen LogP contribution is 2.42. The second-order valence-corrected chi connectivity index (χ2v) is 12.7. The number of halogens is 2. The first-order valence-corrected chi connectivity index (χ1v) is 16.6. The van der Waals surface area contributed by atoms with Crippen LogP contribution < -0.4 is 14.8 Å². The van der Waals surface area contributed by atoms with Crippen LogP contribution in [0.25, 0.3) is 33.6 Å². The highest BCUT2D eigenvalue weighted by Gasteiger charge is 2.27. The molecule has 2 amide bonds. The minimum absolute atomic E-state index is 0.0748. The smallest absolute Gasteiger partial charge is 0.407 e. The molecule has 0 unspecified atom stereocenters. The Morgan fingerprint density at radius 1 is 0.880 bits per heavy atom. The number of carboxylic acid groups (broad SMARTS) is 1. The number of nitrogens with zero attached hydrogens (tertiary/aromatic N) is 6. The van der Waals surface area contributed by atoms with E-state index in [1.807, 2.05) is 50.2 Å². The van der Waals surface area contributed by atoms with Gasteiger partial charge in [-0.25, -0.2) is 14.8 Å². The lowest BCUT2D eigenvalue weighted by atomic mass is 9.98. The van der Waals surface area contributed by atoms with Gasteiger partial charge in [0.2, 0.25) is 17.7 Å². The van der Waals surface area contributed by atoms with E-state index >= 15 is 0 Å². The van der Waals surface area contributed by atoms with Gasteiger partial charge in [0.15, 0.2) is 0 Å². The quantitative estimate of drug-likeness (QED) is 0.151. The first kappa shape index (κ1) is 34.7. The number of ether oxygens (including phenoxy) is 2. The van der Waals surface area contributed by atoms with E-state index in [0.29, 0.717) is 80.3 Å². The Kier molecular flexibility index (Phi) is 10.2. The van der Waals surface area contributed by atoms with Crippen molar-refractivity contribution in [1.29, 1.82) is 0 Å². The van der Waals surface area contributed by atoms with E-state index in [4.69, 9.17) is 42.6 Å². The second kappa shape index (κ2) is 14.7. The molecule has 1 fully saturated rings. The standard InChI is InChI=1S/C36H35Cl2N7O5/c1-20-11-12-21(2)45(20)19-30-35(50-4)43-28(16-40-30)26-10-6-8-24(33(26)38)23-7-5-9-25(32(23)37)27-15-39-29(34(42-27)49-3)18-44(36(47)48)17-22-13-14-31(46)41-22/h5-12,15-16,22H,13-14,17-19H2,1-4H3,(H,41,46)(H,47,48)/t22-/m0/s1. The molecule has 0 radical (unpaired) electrons. The summed E-state index contributed by atoms with van der Waals surface area (Å²) >= 11 is 14.1. The summed E-state index contributed by atoms with van der Waals surface area (Å²) in [7, 11) is 3.01. The number of methoxy groups -OCH3 is 2. The van der Waals surface area contributed by atoms with Gasteiger partial charge in [0.25, 0.3) is 0 Å². The van der Waals surface area contributed by atoms with Crippen molar-refractivity contribution in [2.45, 2.75) is 45.8 Å². The van der Waals surface area contributed by atoms with Crippen molar-refractivity contribution in [2.24, 2.45) is 0 Å². The van der Waals surface area contributed by atoms with Crippen LogP contribution in [0.15, 0.2) is 60.9 Å². The molecule has 14 heteroatoms. The van der Waals surface area contributed by atoms with Crippen molar-refractivity contribution in [3.8, 4) is 45.4 Å². The highest BCUT2D eigenvalue weighted by molar-refractivity contribution is 6.39. The normalized spacial score (nSPS) is 14.0. The molecule has 4 heterocycles.